The Hall–Kier alpha value is -1.84. The predicted molar refractivity (Wildman–Crippen MR) is 86.7 cm³/mol. The molecule has 2 heterocycles. The summed E-state index contributed by atoms with van der Waals surface area (Å²) >= 11 is 7.91. The fourth-order valence-electron chi connectivity index (χ4n) is 2.55. The van der Waals surface area contributed by atoms with E-state index in [0.29, 0.717) is 0 Å². The zero-order valence-electron chi connectivity index (χ0n) is 10.8. The summed E-state index contributed by atoms with van der Waals surface area (Å²) in [5.41, 5.74) is 3.58. The van der Waals surface area contributed by atoms with Crippen LogP contribution in [-0.4, -0.2) is 10.2 Å². The van der Waals surface area contributed by atoms with Crippen molar-refractivity contribution in [3.8, 4) is 10.4 Å². The summed E-state index contributed by atoms with van der Waals surface area (Å²) < 4.78 is 1.27. The fourth-order valence-corrected chi connectivity index (χ4v) is 3.91. The van der Waals surface area contributed by atoms with Crippen LogP contribution in [-0.2, 0) is 0 Å². The van der Waals surface area contributed by atoms with Gasteiger partial charge in [-0.25, -0.2) is 0 Å². The number of nitrogens with one attached hydrogen (secondary N) is 1. The van der Waals surface area contributed by atoms with Crippen molar-refractivity contribution in [3.05, 3.63) is 53.2 Å². The van der Waals surface area contributed by atoms with Gasteiger partial charge in [0, 0.05) is 20.0 Å². The van der Waals surface area contributed by atoms with E-state index in [0.717, 1.165) is 15.9 Å². The van der Waals surface area contributed by atoms with Crippen molar-refractivity contribution in [2.45, 2.75) is 6.92 Å². The molecule has 0 unspecified atom stereocenters. The normalized spacial score (nSPS) is 11.5. The summed E-state index contributed by atoms with van der Waals surface area (Å²) in [6.45, 7) is 2.16. The molecule has 0 aliphatic carbocycles. The average Bonchev–Trinajstić information content (AvgIpc) is 3.03. The number of H-pyrrole nitrogens is 1. The standard InChI is InChI=1S/C16H11ClN2S/c1-9-13-7-12(17)3-5-15(13)20-16(9)10-2-4-14-11(6-10)8-18-19-14/h2-8H,1H3,(H,18,19). The van der Waals surface area contributed by atoms with Crippen LogP contribution in [0.25, 0.3) is 31.4 Å². The molecular formula is C16H11ClN2S. The number of aryl methyl sites for hydroxylation is 1. The zero-order valence-corrected chi connectivity index (χ0v) is 12.3. The average molecular weight is 299 g/mol. The molecule has 1 N–H and O–H groups in total. The van der Waals surface area contributed by atoms with Crippen molar-refractivity contribution in [3.63, 3.8) is 0 Å². The third-order valence-corrected chi connectivity index (χ3v) is 5.16. The van der Waals surface area contributed by atoms with Crippen LogP contribution in [0.3, 0.4) is 0 Å². The quantitative estimate of drug-likeness (QED) is 0.500. The molecule has 0 spiro atoms. The molecule has 98 valence electrons. The first-order valence-electron chi connectivity index (χ1n) is 6.34. The van der Waals surface area contributed by atoms with Crippen LogP contribution in [0.4, 0.5) is 0 Å². The molecule has 0 amide bonds. The Bertz CT molecular complexity index is 936. The highest BCUT2D eigenvalue weighted by Gasteiger charge is 2.11. The van der Waals surface area contributed by atoms with E-state index in [1.54, 1.807) is 0 Å². The second kappa shape index (κ2) is 4.33. The van der Waals surface area contributed by atoms with E-state index in [1.165, 1.54) is 26.1 Å². The Balaban J connectivity index is 1.98. The lowest BCUT2D eigenvalue weighted by atomic mass is 10.1. The minimum Gasteiger partial charge on any atom is -0.278 e. The van der Waals surface area contributed by atoms with Gasteiger partial charge in [0.25, 0.3) is 0 Å². The monoisotopic (exact) mass is 298 g/mol. The van der Waals surface area contributed by atoms with Crippen LogP contribution in [0.5, 0.6) is 0 Å². The molecule has 4 heteroatoms. The highest BCUT2D eigenvalue weighted by molar-refractivity contribution is 7.22. The minimum atomic E-state index is 0.787. The van der Waals surface area contributed by atoms with E-state index in [4.69, 9.17) is 11.6 Å². The lowest BCUT2D eigenvalue weighted by Gasteiger charge is -2.00. The van der Waals surface area contributed by atoms with Crippen molar-refractivity contribution in [1.82, 2.24) is 10.2 Å². The van der Waals surface area contributed by atoms with E-state index in [9.17, 15) is 0 Å². The van der Waals surface area contributed by atoms with Crippen LogP contribution >= 0.6 is 22.9 Å². The first-order chi connectivity index (χ1) is 9.72. The van der Waals surface area contributed by atoms with E-state index < -0.39 is 0 Å². The molecule has 0 atom stereocenters. The number of hydrogen-bond acceptors (Lipinski definition) is 2. The van der Waals surface area contributed by atoms with Crippen LogP contribution in [0, 0.1) is 6.92 Å². The van der Waals surface area contributed by atoms with Gasteiger partial charge in [-0.2, -0.15) is 5.10 Å². The van der Waals surface area contributed by atoms with Gasteiger partial charge in [-0.3, -0.25) is 5.10 Å². The number of fused-ring (bicyclic) bond motifs is 2. The molecule has 0 aliphatic heterocycles. The summed E-state index contributed by atoms with van der Waals surface area (Å²) in [5.74, 6) is 0. The summed E-state index contributed by atoms with van der Waals surface area (Å²) in [7, 11) is 0. The third kappa shape index (κ3) is 1.74. The van der Waals surface area contributed by atoms with Crippen molar-refractivity contribution in [2.24, 2.45) is 0 Å². The second-order valence-corrected chi connectivity index (χ2v) is 6.36. The van der Waals surface area contributed by atoms with Gasteiger partial charge in [0.1, 0.15) is 0 Å². The predicted octanol–water partition coefficient (Wildman–Crippen LogP) is 5.41. The maximum Gasteiger partial charge on any atom is 0.0650 e. The number of thiophene rings is 1. The molecule has 2 aromatic carbocycles. The number of rotatable bonds is 1. The van der Waals surface area contributed by atoms with Crippen LogP contribution in [0.15, 0.2) is 42.6 Å². The SMILES string of the molecule is Cc1c(-c2ccc3[nH]ncc3c2)sc2ccc(Cl)cc12. The number of benzene rings is 2. The summed E-state index contributed by atoms with van der Waals surface area (Å²) in [6, 6.07) is 12.5. The van der Waals surface area contributed by atoms with Gasteiger partial charge >= 0.3 is 0 Å². The van der Waals surface area contributed by atoms with Gasteiger partial charge in [0.05, 0.1) is 11.7 Å². The molecule has 0 saturated carbocycles. The molecule has 0 radical (unpaired) electrons. The van der Waals surface area contributed by atoms with Crippen molar-refractivity contribution in [2.75, 3.05) is 0 Å². The Labute approximate surface area is 125 Å². The fraction of sp³-hybridized carbons (Fsp3) is 0.0625. The molecule has 4 rings (SSSR count). The maximum atomic E-state index is 6.10. The lowest BCUT2D eigenvalue weighted by molar-refractivity contribution is 1.12. The Kier molecular flexibility index (Phi) is 2.59. The Morgan fingerprint density at radius 2 is 2.05 bits per heavy atom. The first-order valence-corrected chi connectivity index (χ1v) is 7.54. The molecule has 4 aromatic rings. The molecule has 20 heavy (non-hydrogen) atoms. The van der Waals surface area contributed by atoms with Crippen molar-refractivity contribution in [1.29, 1.82) is 0 Å². The van der Waals surface area contributed by atoms with E-state index in [-0.39, 0.29) is 0 Å². The van der Waals surface area contributed by atoms with Crippen molar-refractivity contribution < 1.29 is 0 Å². The van der Waals surface area contributed by atoms with Gasteiger partial charge in [-0.1, -0.05) is 17.7 Å². The topological polar surface area (TPSA) is 28.7 Å². The highest BCUT2D eigenvalue weighted by Crippen LogP contribution is 2.39. The molecule has 0 saturated heterocycles. The number of halogens is 1. The van der Waals surface area contributed by atoms with E-state index in [2.05, 4.69) is 41.4 Å². The summed E-state index contributed by atoms with van der Waals surface area (Å²) in [5, 5.41) is 10.2. The summed E-state index contributed by atoms with van der Waals surface area (Å²) in [6.07, 6.45) is 1.86. The molecule has 2 nitrogen and oxygen atoms in total. The zero-order chi connectivity index (χ0) is 13.7. The van der Waals surface area contributed by atoms with Gasteiger partial charge in [-0.15, -0.1) is 11.3 Å². The third-order valence-electron chi connectivity index (χ3n) is 3.60. The van der Waals surface area contributed by atoms with Gasteiger partial charge in [-0.05, 0) is 53.8 Å². The molecule has 0 fully saturated rings. The second-order valence-electron chi connectivity index (χ2n) is 4.87. The minimum absolute atomic E-state index is 0.787. The van der Waals surface area contributed by atoms with Crippen molar-refractivity contribution >= 4 is 43.9 Å². The first kappa shape index (κ1) is 11.9. The maximum absolute atomic E-state index is 6.10. The van der Waals surface area contributed by atoms with Gasteiger partial charge < -0.3 is 0 Å². The lowest BCUT2D eigenvalue weighted by Crippen LogP contribution is -1.77. The number of aromatic amines is 1. The number of aromatic nitrogens is 2. The molecule has 2 aromatic heterocycles. The molecule has 0 bridgehead atoms. The van der Waals surface area contributed by atoms with Crippen LogP contribution in [0.1, 0.15) is 5.56 Å². The largest absolute Gasteiger partial charge is 0.278 e. The molecular weight excluding hydrogens is 288 g/mol. The highest BCUT2D eigenvalue weighted by atomic mass is 35.5. The van der Waals surface area contributed by atoms with Gasteiger partial charge in [0.15, 0.2) is 0 Å². The Morgan fingerprint density at radius 3 is 2.95 bits per heavy atom. The number of nitrogens with zero attached hydrogens (tertiary/aromatic N) is 1. The number of hydrogen-bond donors (Lipinski definition) is 1. The smallest absolute Gasteiger partial charge is 0.0650 e. The van der Waals surface area contributed by atoms with Crippen LogP contribution in [0.2, 0.25) is 5.02 Å². The summed E-state index contributed by atoms with van der Waals surface area (Å²) in [4.78, 5) is 1.30. The van der Waals surface area contributed by atoms with Gasteiger partial charge in [0.2, 0.25) is 0 Å². The van der Waals surface area contributed by atoms with Crippen LogP contribution < -0.4 is 0 Å². The Morgan fingerprint density at radius 1 is 1.15 bits per heavy atom. The van der Waals surface area contributed by atoms with E-state index in [1.807, 2.05) is 29.7 Å². The molecule has 0 aliphatic rings. The van der Waals surface area contributed by atoms with E-state index >= 15 is 0 Å².